The molecule has 3 fully saturated rings. The van der Waals surface area contributed by atoms with Crippen molar-refractivity contribution in [2.75, 3.05) is 11.4 Å². The number of carbonyl (C=O) groups is 2. The Morgan fingerprint density at radius 2 is 2.12 bits per heavy atom. The second-order valence-corrected chi connectivity index (χ2v) is 7.91. The van der Waals surface area contributed by atoms with Gasteiger partial charge in [-0.15, -0.1) is 0 Å². The number of fused-ring (bicyclic) bond motifs is 2. The largest absolute Gasteiger partial charge is 0.349 e. The summed E-state index contributed by atoms with van der Waals surface area (Å²) in [6, 6.07) is 7.89. The van der Waals surface area contributed by atoms with E-state index in [2.05, 4.69) is 5.32 Å². The SMILES string of the molecule is CC(NC(=O)C1C2CCC(C2)C1N)c1cccc(N2CCCC2=O)c1. The number of nitrogens with zero attached hydrogens (tertiary/aromatic N) is 1. The number of nitrogens with one attached hydrogen (secondary N) is 1. The fraction of sp³-hybridized carbons (Fsp3) is 0.600. The van der Waals surface area contributed by atoms with Crippen LogP contribution in [-0.4, -0.2) is 24.4 Å². The van der Waals surface area contributed by atoms with Crippen molar-refractivity contribution in [3.8, 4) is 0 Å². The predicted molar refractivity (Wildman–Crippen MR) is 96.9 cm³/mol. The quantitative estimate of drug-likeness (QED) is 0.883. The number of nitrogens with two attached hydrogens (primary N) is 1. The maximum Gasteiger partial charge on any atom is 0.227 e. The molecule has 134 valence electrons. The first-order valence-electron chi connectivity index (χ1n) is 9.51. The Bertz CT molecular complexity index is 687. The molecule has 25 heavy (non-hydrogen) atoms. The molecule has 3 aliphatic rings. The summed E-state index contributed by atoms with van der Waals surface area (Å²) in [5.74, 6) is 1.22. The van der Waals surface area contributed by atoms with E-state index in [1.54, 1.807) is 0 Å². The monoisotopic (exact) mass is 341 g/mol. The molecule has 1 aromatic carbocycles. The summed E-state index contributed by atoms with van der Waals surface area (Å²) in [7, 11) is 0. The molecule has 2 amide bonds. The Labute approximate surface area is 148 Å². The summed E-state index contributed by atoms with van der Waals surface area (Å²) in [6.07, 6.45) is 4.96. The van der Waals surface area contributed by atoms with Gasteiger partial charge in [0.2, 0.25) is 11.8 Å². The second-order valence-electron chi connectivity index (χ2n) is 7.91. The van der Waals surface area contributed by atoms with Crippen LogP contribution in [0.15, 0.2) is 24.3 Å². The number of hydrogen-bond donors (Lipinski definition) is 2. The van der Waals surface area contributed by atoms with Crippen LogP contribution in [0.5, 0.6) is 0 Å². The van der Waals surface area contributed by atoms with Gasteiger partial charge in [0.15, 0.2) is 0 Å². The molecule has 2 saturated carbocycles. The van der Waals surface area contributed by atoms with Crippen LogP contribution in [0.3, 0.4) is 0 Å². The van der Waals surface area contributed by atoms with Crippen LogP contribution in [-0.2, 0) is 9.59 Å². The van der Waals surface area contributed by atoms with E-state index >= 15 is 0 Å². The van der Waals surface area contributed by atoms with E-state index in [0.717, 1.165) is 37.1 Å². The minimum atomic E-state index is -0.0866. The molecule has 0 radical (unpaired) electrons. The summed E-state index contributed by atoms with van der Waals surface area (Å²) in [6.45, 7) is 2.78. The third-order valence-corrected chi connectivity index (χ3v) is 6.40. The van der Waals surface area contributed by atoms with Crippen molar-refractivity contribution in [1.29, 1.82) is 0 Å². The van der Waals surface area contributed by atoms with E-state index in [1.807, 2.05) is 36.1 Å². The number of amides is 2. The van der Waals surface area contributed by atoms with Crippen molar-refractivity contribution in [1.82, 2.24) is 5.32 Å². The first-order chi connectivity index (χ1) is 12.0. The zero-order valence-electron chi connectivity index (χ0n) is 14.8. The molecule has 4 rings (SSSR count). The van der Waals surface area contributed by atoms with Crippen molar-refractivity contribution in [2.45, 2.75) is 51.1 Å². The Kier molecular flexibility index (Phi) is 4.28. The lowest BCUT2D eigenvalue weighted by atomic mass is 9.84. The summed E-state index contributed by atoms with van der Waals surface area (Å²) in [5.41, 5.74) is 8.25. The average molecular weight is 341 g/mol. The highest BCUT2D eigenvalue weighted by Crippen LogP contribution is 2.47. The molecule has 2 bridgehead atoms. The van der Waals surface area contributed by atoms with Gasteiger partial charge in [-0.1, -0.05) is 12.1 Å². The van der Waals surface area contributed by atoms with Crippen LogP contribution >= 0.6 is 0 Å². The highest BCUT2D eigenvalue weighted by molar-refractivity contribution is 5.95. The normalized spacial score (nSPS) is 32.2. The molecule has 5 unspecified atom stereocenters. The lowest BCUT2D eigenvalue weighted by Crippen LogP contribution is -2.45. The number of anilines is 1. The van der Waals surface area contributed by atoms with Crippen LogP contribution in [0.1, 0.15) is 50.6 Å². The highest BCUT2D eigenvalue weighted by atomic mass is 16.2. The molecule has 0 aromatic heterocycles. The van der Waals surface area contributed by atoms with E-state index in [4.69, 9.17) is 5.73 Å². The third kappa shape index (κ3) is 2.95. The molecular weight excluding hydrogens is 314 g/mol. The van der Waals surface area contributed by atoms with Crippen molar-refractivity contribution in [2.24, 2.45) is 23.5 Å². The van der Waals surface area contributed by atoms with Gasteiger partial charge in [-0.25, -0.2) is 0 Å². The van der Waals surface area contributed by atoms with Crippen molar-refractivity contribution in [3.63, 3.8) is 0 Å². The van der Waals surface area contributed by atoms with E-state index in [1.165, 1.54) is 6.42 Å². The van der Waals surface area contributed by atoms with E-state index in [9.17, 15) is 9.59 Å². The third-order valence-electron chi connectivity index (χ3n) is 6.40. The fourth-order valence-electron chi connectivity index (χ4n) is 5.00. The molecule has 5 heteroatoms. The predicted octanol–water partition coefficient (Wildman–Crippen LogP) is 2.36. The summed E-state index contributed by atoms with van der Waals surface area (Å²) in [4.78, 5) is 26.6. The van der Waals surface area contributed by atoms with Crippen molar-refractivity contribution < 1.29 is 9.59 Å². The van der Waals surface area contributed by atoms with Gasteiger partial charge in [0.25, 0.3) is 0 Å². The molecule has 2 aliphatic carbocycles. The molecule has 1 aliphatic heterocycles. The molecule has 1 saturated heterocycles. The Morgan fingerprint density at radius 3 is 2.80 bits per heavy atom. The van der Waals surface area contributed by atoms with Gasteiger partial charge in [-0.2, -0.15) is 0 Å². The Balaban J connectivity index is 1.45. The number of benzene rings is 1. The fourth-order valence-corrected chi connectivity index (χ4v) is 5.00. The van der Waals surface area contributed by atoms with E-state index < -0.39 is 0 Å². The van der Waals surface area contributed by atoms with Gasteiger partial charge in [0, 0.05) is 24.7 Å². The van der Waals surface area contributed by atoms with Gasteiger partial charge < -0.3 is 16.0 Å². The molecule has 5 atom stereocenters. The topological polar surface area (TPSA) is 75.4 Å². The Hall–Kier alpha value is -1.88. The molecule has 3 N–H and O–H groups in total. The lowest BCUT2D eigenvalue weighted by Gasteiger charge is -2.28. The average Bonchev–Trinajstić information content (AvgIpc) is 3.30. The van der Waals surface area contributed by atoms with Crippen LogP contribution in [0, 0.1) is 17.8 Å². The molecule has 0 spiro atoms. The highest BCUT2D eigenvalue weighted by Gasteiger charge is 2.49. The zero-order valence-corrected chi connectivity index (χ0v) is 14.8. The first kappa shape index (κ1) is 16.6. The molecular formula is C20H27N3O2. The lowest BCUT2D eigenvalue weighted by molar-refractivity contribution is -0.127. The summed E-state index contributed by atoms with van der Waals surface area (Å²) < 4.78 is 0. The summed E-state index contributed by atoms with van der Waals surface area (Å²) in [5, 5.41) is 3.16. The number of hydrogen-bond acceptors (Lipinski definition) is 3. The van der Waals surface area contributed by atoms with Gasteiger partial charge in [0.05, 0.1) is 12.0 Å². The van der Waals surface area contributed by atoms with Crippen molar-refractivity contribution in [3.05, 3.63) is 29.8 Å². The van der Waals surface area contributed by atoms with Gasteiger partial charge in [-0.3, -0.25) is 9.59 Å². The molecule has 5 nitrogen and oxygen atoms in total. The number of carbonyl (C=O) groups excluding carboxylic acids is 2. The van der Waals surface area contributed by atoms with Crippen molar-refractivity contribution >= 4 is 17.5 Å². The standard InChI is InChI=1S/C20H27N3O2/c1-12(22-20(25)18-14-7-8-15(10-14)19(18)21)13-4-2-5-16(11-13)23-9-3-6-17(23)24/h2,4-5,11-12,14-15,18-19H,3,6-10,21H2,1H3,(H,22,25). The van der Waals surface area contributed by atoms with Crippen LogP contribution in [0.25, 0.3) is 0 Å². The smallest absolute Gasteiger partial charge is 0.227 e. The van der Waals surface area contributed by atoms with E-state index in [-0.39, 0.29) is 29.8 Å². The van der Waals surface area contributed by atoms with Gasteiger partial charge in [-0.05, 0) is 62.1 Å². The van der Waals surface area contributed by atoms with Crippen LogP contribution < -0.4 is 16.0 Å². The second kappa shape index (κ2) is 6.45. The molecule has 1 heterocycles. The molecule has 1 aromatic rings. The van der Waals surface area contributed by atoms with Gasteiger partial charge >= 0.3 is 0 Å². The maximum atomic E-state index is 12.8. The van der Waals surface area contributed by atoms with Gasteiger partial charge in [0.1, 0.15) is 0 Å². The Morgan fingerprint density at radius 1 is 1.32 bits per heavy atom. The first-order valence-corrected chi connectivity index (χ1v) is 9.51. The van der Waals surface area contributed by atoms with E-state index in [0.29, 0.717) is 18.3 Å². The minimum absolute atomic E-state index is 0.0134. The number of rotatable bonds is 4. The summed E-state index contributed by atoms with van der Waals surface area (Å²) >= 11 is 0. The van der Waals surface area contributed by atoms with Crippen LogP contribution in [0.2, 0.25) is 0 Å². The maximum absolute atomic E-state index is 12.8. The zero-order chi connectivity index (χ0) is 17.6. The van der Waals surface area contributed by atoms with Crippen LogP contribution in [0.4, 0.5) is 5.69 Å². The minimum Gasteiger partial charge on any atom is -0.349 e.